The van der Waals surface area contributed by atoms with E-state index in [1.54, 1.807) is 24.3 Å². The van der Waals surface area contributed by atoms with Gasteiger partial charge in [0.2, 0.25) is 6.79 Å². The Labute approximate surface area is 157 Å². The Morgan fingerprint density at radius 1 is 1.11 bits per heavy atom. The van der Waals surface area contributed by atoms with Gasteiger partial charge in [-0.25, -0.2) is 0 Å². The van der Waals surface area contributed by atoms with Crippen molar-refractivity contribution in [3.05, 3.63) is 68.6 Å². The molecule has 0 aromatic heterocycles. The Hall–Kier alpha value is -3.33. The maximum Gasteiger partial charge on any atom is 0.293 e. The standard InChI is InChI=1S/C18H12N2O6S/c21-17-16(8-12-3-6-14-15(7-12)26-10-25-14)27-18(22)19(17)9-11-1-4-13(5-2-11)20(23)24/h1-8H,9-10H2/b16-8+. The fourth-order valence-electron chi connectivity index (χ4n) is 2.70. The summed E-state index contributed by atoms with van der Waals surface area (Å²) in [7, 11) is 0. The Morgan fingerprint density at radius 2 is 1.85 bits per heavy atom. The van der Waals surface area contributed by atoms with Crippen LogP contribution in [0.5, 0.6) is 11.5 Å². The number of benzene rings is 2. The van der Waals surface area contributed by atoms with Crippen LogP contribution in [0.1, 0.15) is 11.1 Å². The van der Waals surface area contributed by atoms with E-state index in [9.17, 15) is 19.7 Å². The van der Waals surface area contributed by atoms with E-state index in [0.717, 1.165) is 22.2 Å². The molecular formula is C18H12N2O6S. The molecule has 0 bridgehead atoms. The number of ether oxygens (including phenoxy) is 2. The molecule has 2 heterocycles. The van der Waals surface area contributed by atoms with E-state index >= 15 is 0 Å². The van der Waals surface area contributed by atoms with Crippen molar-refractivity contribution in [1.29, 1.82) is 0 Å². The number of carbonyl (C=O) groups is 2. The predicted molar refractivity (Wildman–Crippen MR) is 97.2 cm³/mol. The number of imide groups is 1. The molecule has 27 heavy (non-hydrogen) atoms. The minimum atomic E-state index is -0.502. The quantitative estimate of drug-likeness (QED) is 0.451. The minimum absolute atomic E-state index is 0.0457. The molecule has 2 aromatic rings. The van der Waals surface area contributed by atoms with Crippen LogP contribution >= 0.6 is 11.8 Å². The van der Waals surface area contributed by atoms with Crippen LogP contribution in [0.2, 0.25) is 0 Å². The van der Waals surface area contributed by atoms with Crippen LogP contribution in [0.25, 0.3) is 6.08 Å². The summed E-state index contributed by atoms with van der Waals surface area (Å²) in [6.45, 7) is 0.214. The van der Waals surface area contributed by atoms with Crippen molar-refractivity contribution in [1.82, 2.24) is 4.90 Å². The first-order valence-electron chi connectivity index (χ1n) is 7.89. The number of fused-ring (bicyclic) bond motifs is 1. The number of carbonyl (C=O) groups excluding carboxylic acids is 2. The van der Waals surface area contributed by atoms with Crippen LogP contribution in [0.15, 0.2) is 47.4 Å². The number of non-ortho nitro benzene ring substituents is 1. The molecule has 136 valence electrons. The van der Waals surface area contributed by atoms with E-state index < -0.39 is 10.8 Å². The highest BCUT2D eigenvalue weighted by Crippen LogP contribution is 2.36. The molecule has 0 radical (unpaired) electrons. The highest BCUT2D eigenvalue weighted by atomic mass is 32.2. The maximum atomic E-state index is 12.6. The molecule has 2 aliphatic heterocycles. The zero-order valence-electron chi connectivity index (χ0n) is 13.8. The maximum absolute atomic E-state index is 12.6. The van der Waals surface area contributed by atoms with E-state index in [4.69, 9.17) is 9.47 Å². The predicted octanol–water partition coefficient (Wildman–Crippen LogP) is 3.56. The van der Waals surface area contributed by atoms with Crippen LogP contribution in [0.4, 0.5) is 10.5 Å². The fourth-order valence-corrected chi connectivity index (χ4v) is 3.53. The van der Waals surface area contributed by atoms with Crippen molar-refractivity contribution >= 4 is 34.7 Å². The number of thioether (sulfide) groups is 1. The van der Waals surface area contributed by atoms with E-state index in [1.165, 1.54) is 24.3 Å². The average Bonchev–Trinajstić information content (AvgIpc) is 3.22. The largest absolute Gasteiger partial charge is 0.454 e. The normalized spacial score (nSPS) is 17.0. The smallest absolute Gasteiger partial charge is 0.293 e. The number of rotatable bonds is 4. The minimum Gasteiger partial charge on any atom is -0.454 e. The third kappa shape index (κ3) is 3.36. The fraction of sp³-hybridized carbons (Fsp3) is 0.111. The van der Waals surface area contributed by atoms with E-state index in [0.29, 0.717) is 22.0 Å². The van der Waals surface area contributed by atoms with Gasteiger partial charge in [-0.05, 0) is 41.1 Å². The van der Waals surface area contributed by atoms with Gasteiger partial charge in [0, 0.05) is 12.1 Å². The number of nitrogens with zero attached hydrogens (tertiary/aromatic N) is 2. The lowest BCUT2D eigenvalue weighted by molar-refractivity contribution is -0.384. The Balaban J connectivity index is 1.52. The van der Waals surface area contributed by atoms with Gasteiger partial charge in [-0.1, -0.05) is 18.2 Å². The molecule has 4 rings (SSSR count). The molecule has 0 spiro atoms. The lowest BCUT2D eigenvalue weighted by Gasteiger charge is -2.12. The van der Waals surface area contributed by atoms with E-state index in [1.807, 2.05) is 0 Å². The Bertz CT molecular complexity index is 986. The second-order valence-corrected chi connectivity index (χ2v) is 6.80. The molecule has 0 saturated carbocycles. The monoisotopic (exact) mass is 384 g/mol. The van der Waals surface area contributed by atoms with Crippen molar-refractivity contribution in [3.8, 4) is 11.5 Å². The third-order valence-electron chi connectivity index (χ3n) is 4.06. The highest BCUT2D eigenvalue weighted by Gasteiger charge is 2.35. The molecule has 2 aromatic carbocycles. The molecule has 8 nitrogen and oxygen atoms in total. The van der Waals surface area contributed by atoms with Gasteiger partial charge in [0.05, 0.1) is 16.4 Å². The lowest BCUT2D eigenvalue weighted by Crippen LogP contribution is -2.27. The summed E-state index contributed by atoms with van der Waals surface area (Å²) in [5.41, 5.74) is 1.31. The average molecular weight is 384 g/mol. The summed E-state index contributed by atoms with van der Waals surface area (Å²) in [4.78, 5) is 36.4. The summed E-state index contributed by atoms with van der Waals surface area (Å²) in [5, 5.41) is 10.3. The lowest BCUT2D eigenvalue weighted by atomic mass is 10.1. The topological polar surface area (TPSA) is 99.0 Å². The zero-order chi connectivity index (χ0) is 19.0. The molecule has 1 saturated heterocycles. The SMILES string of the molecule is O=C1S/C(=C/c2ccc3c(c2)OCO3)C(=O)N1Cc1ccc([N+](=O)[O-])cc1. The number of hydrogen-bond donors (Lipinski definition) is 0. The first-order valence-corrected chi connectivity index (χ1v) is 8.71. The van der Waals surface area contributed by atoms with E-state index in [-0.39, 0.29) is 24.3 Å². The summed E-state index contributed by atoms with van der Waals surface area (Å²) < 4.78 is 10.6. The van der Waals surface area contributed by atoms with Gasteiger partial charge in [-0.2, -0.15) is 0 Å². The van der Waals surface area contributed by atoms with Crippen molar-refractivity contribution < 1.29 is 24.0 Å². The summed E-state index contributed by atoms with van der Waals surface area (Å²) in [6.07, 6.45) is 1.63. The van der Waals surface area contributed by atoms with Crippen LogP contribution in [-0.2, 0) is 11.3 Å². The molecule has 0 N–H and O–H groups in total. The zero-order valence-corrected chi connectivity index (χ0v) is 14.6. The second-order valence-electron chi connectivity index (χ2n) is 5.80. The summed E-state index contributed by atoms with van der Waals surface area (Å²) in [5.74, 6) is 0.827. The number of hydrogen-bond acceptors (Lipinski definition) is 7. The van der Waals surface area contributed by atoms with Gasteiger partial charge in [-0.15, -0.1) is 0 Å². The van der Waals surface area contributed by atoms with Gasteiger partial charge >= 0.3 is 0 Å². The summed E-state index contributed by atoms with van der Waals surface area (Å²) >= 11 is 0.855. The van der Waals surface area contributed by atoms with Crippen LogP contribution in [-0.4, -0.2) is 27.8 Å². The first-order chi connectivity index (χ1) is 13.0. The van der Waals surface area contributed by atoms with Crippen molar-refractivity contribution in [2.24, 2.45) is 0 Å². The van der Waals surface area contributed by atoms with Gasteiger partial charge in [0.1, 0.15) is 0 Å². The van der Waals surface area contributed by atoms with Crippen molar-refractivity contribution in [2.45, 2.75) is 6.54 Å². The molecule has 2 amide bonds. The van der Waals surface area contributed by atoms with Crippen molar-refractivity contribution in [3.63, 3.8) is 0 Å². The van der Waals surface area contributed by atoms with Gasteiger partial charge < -0.3 is 9.47 Å². The van der Waals surface area contributed by atoms with Gasteiger partial charge in [-0.3, -0.25) is 24.6 Å². The Kier molecular flexibility index (Phi) is 4.28. The Morgan fingerprint density at radius 3 is 2.59 bits per heavy atom. The van der Waals surface area contributed by atoms with Crippen molar-refractivity contribution in [2.75, 3.05) is 6.79 Å². The highest BCUT2D eigenvalue weighted by molar-refractivity contribution is 8.18. The molecule has 0 atom stereocenters. The molecule has 1 fully saturated rings. The molecule has 0 unspecified atom stereocenters. The van der Waals surface area contributed by atoms with Crippen LogP contribution in [0, 0.1) is 10.1 Å². The number of amides is 2. The van der Waals surface area contributed by atoms with Gasteiger partial charge in [0.25, 0.3) is 16.8 Å². The van der Waals surface area contributed by atoms with Crippen LogP contribution < -0.4 is 9.47 Å². The number of nitro groups is 1. The molecule has 9 heteroatoms. The van der Waals surface area contributed by atoms with Crippen LogP contribution in [0.3, 0.4) is 0 Å². The molecular weight excluding hydrogens is 372 g/mol. The number of nitro benzene ring substituents is 1. The third-order valence-corrected chi connectivity index (χ3v) is 4.96. The van der Waals surface area contributed by atoms with Gasteiger partial charge in [0.15, 0.2) is 11.5 Å². The summed E-state index contributed by atoms with van der Waals surface area (Å²) in [6, 6.07) is 11.0. The van der Waals surface area contributed by atoms with E-state index in [2.05, 4.69) is 0 Å². The second kappa shape index (κ2) is 6.76. The molecule has 0 aliphatic carbocycles. The molecule has 2 aliphatic rings. The first kappa shape index (κ1) is 17.1.